The van der Waals surface area contributed by atoms with Crippen molar-refractivity contribution >= 4 is 6.08 Å². The Balaban J connectivity index is 3.34. The van der Waals surface area contributed by atoms with Crippen LogP contribution in [-0.4, -0.2) is 5.11 Å². The largest absolute Gasteiger partial charge is 0.392 e. The summed E-state index contributed by atoms with van der Waals surface area (Å²) >= 11 is 0. The van der Waals surface area contributed by atoms with Gasteiger partial charge in [0.05, 0.1) is 6.61 Å². The van der Waals surface area contributed by atoms with Crippen molar-refractivity contribution in [1.29, 1.82) is 0 Å². The van der Waals surface area contributed by atoms with E-state index in [4.69, 9.17) is 11.5 Å². The van der Waals surface area contributed by atoms with Crippen molar-refractivity contribution < 1.29 is 5.11 Å². The van der Waals surface area contributed by atoms with E-state index in [0.717, 1.165) is 16.7 Å². The van der Waals surface area contributed by atoms with Crippen LogP contribution in [0.4, 0.5) is 0 Å². The minimum atomic E-state index is -0.00310. The molecule has 1 N–H and O–H groups in total. The van der Waals surface area contributed by atoms with Gasteiger partial charge in [-0.3, -0.25) is 0 Å². The van der Waals surface area contributed by atoms with Crippen LogP contribution in [0, 0.1) is 12.3 Å². The molecule has 60 valence electrons. The fraction of sp³-hybridized carbons (Fsp3) is 0.0909. The van der Waals surface area contributed by atoms with E-state index in [-0.39, 0.29) is 6.61 Å². The fourth-order valence-corrected chi connectivity index (χ4v) is 1.12. The van der Waals surface area contributed by atoms with Crippen molar-refractivity contribution in [2.24, 2.45) is 0 Å². The van der Waals surface area contributed by atoms with Gasteiger partial charge in [-0.05, 0) is 17.2 Å². The second-order valence-corrected chi connectivity index (χ2v) is 2.38. The Hall–Kier alpha value is -1.52. The summed E-state index contributed by atoms with van der Waals surface area (Å²) in [6.07, 6.45) is 6.94. The third kappa shape index (κ3) is 1.39. The molecule has 0 saturated carbocycles. The minimum absolute atomic E-state index is 0.00310. The van der Waals surface area contributed by atoms with E-state index in [9.17, 15) is 0 Å². The third-order valence-electron chi connectivity index (χ3n) is 1.73. The Labute approximate surface area is 72.4 Å². The second-order valence-electron chi connectivity index (χ2n) is 2.38. The molecule has 0 radical (unpaired) electrons. The van der Waals surface area contributed by atoms with Crippen molar-refractivity contribution in [1.82, 2.24) is 0 Å². The number of hydrogen-bond acceptors (Lipinski definition) is 1. The molecule has 1 aromatic rings. The van der Waals surface area contributed by atoms with Crippen molar-refractivity contribution in [2.45, 2.75) is 6.61 Å². The van der Waals surface area contributed by atoms with Gasteiger partial charge in [0.25, 0.3) is 0 Å². The monoisotopic (exact) mass is 158 g/mol. The topological polar surface area (TPSA) is 20.2 Å². The van der Waals surface area contributed by atoms with Crippen LogP contribution in [0.15, 0.2) is 24.8 Å². The molecule has 0 spiro atoms. The molecular formula is C11H10O. The molecule has 1 aromatic carbocycles. The Morgan fingerprint density at radius 3 is 2.83 bits per heavy atom. The average Bonchev–Trinajstić information content (AvgIpc) is 2.16. The summed E-state index contributed by atoms with van der Waals surface area (Å²) in [7, 11) is 0. The summed E-state index contributed by atoms with van der Waals surface area (Å²) in [5, 5.41) is 8.95. The summed E-state index contributed by atoms with van der Waals surface area (Å²) < 4.78 is 0. The maximum atomic E-state index is 8.95. The van der Waals surface area contributed by atoms with Gasteiger partial charge in [-0.1, -0.05) is 30.7 Å². The predicted octanol–water partition coefficient (Wildman–Crippen LogP) is 1.80. The summed E-state index contributed by atoms with van der Waals surface area (Å²) in [6, 6.07) is 5.49. The predicted molar refractivity (Wildman–Crippen MR) is 50.4 cm³/mol. The van der Waals surface area contributed by atoms with Gasteiger partial charge in [0, 0.05) is 5.56 Å². The molecule has 1 rings (SSSR count). The molecular weight excluding hydrogens is 148 g/mol. The first-order valence-corrected chi connectivity index (χ1v) is 3.65. The van der Waals surface area contributed by atoms with Crippen LogP contribution < -0.4 is 0 Å². The first-order chi connectivity index (χ1) is 5.83. The van der Waals surface area contributed by atoms with E-state index in [0.29, 0.717) is 0 Å². The molecule has 0 fully saturated rings. The maximum absolute atomic E-state index is 8.95. The van der Waals surface area contributed by atoms with Crippen LogP contribution >= 0.6 is 0 Å². The standard InChI is InChI=1S/C11H10O/c1-3-9-6-5-7-10(8-12)11(9)4-2/h1,4-7,12H,2,8H2. The number of aliphatic hydroxyl groups excluding tert-OH is 1. The molecule has 0 atom stereocenters. The number of hydrogen-bond donors (Lipinski definition) is 1. The van der Waals surface area contributed by atoms with Gasteiger partial charge in [-0.2, -0.15) is 0 Å². The van der Waals surface area contributed by atoms with Gasteiger partial charge in [0.2, 0.25) is 0 Å². The molecule has 0 aliphatic carbocycles. The lowest BCUT2D eigenvalue weighted by Crippen LogP contribution is -1.91. The summed E-state index contributed by atoms with van der Waals surface area (Å²) in [6.45, 7) is 3.64. The summed E-state index contributed by atoms with van der Waals surface area (Å²) in [5.74, 6) is 2.54. The lowest BCUT2D eigenvalue weighted by Gasteiger charge is -2.04. The van der Waals surface area contributed by atoms with E-state index in [1.807, 2.05) is 18.2 Å². The molecule has 1 nitrogen and oxygen atoms in total. The number of benzene rings is 1. The average molecular weight is 158 g/mol. The van der Waals surface area contributed by atoms with E-state index >= 15 is 0 Å². The van der Waals surface area contributed by atoms with Crippen LogP contribution in [0.3, 0.4) is 0 Å². The molecule has 0 aliphatic heterocycles. The maximum Gasteiger partial charge on any atom is 0.0688 e. The molecule has 0 bridgehead atoms. The molecule has 1 heteroatoms. The summed E-state index contributed by atoms with van der Waals surface area (Å²) in [4.78, 5) is 0. The first-order valence-electron chi connectivity index (χ1n) is 3.65. The zero-order valence-corrected chi connectivity index (χ0v) is 6.75. The van der Waals surface area contributed by atoms with Crippen LogP contribution in [0.1, 0.15) is 16.7 Å². The number of aliphatic hydroxyl groups is 1. The zero-order valence-electron chi connectivity index (χ0n) is 6.75. The Kier molecular flexibility index (Phi) is 2.68. The molecule has 0 unspecified atom stereocenters. The smallest absolute Gasteiger partial charge is 0.0688 e. The van der Waals surface area contributed by atoms with Crippen molar-refractivity contribution in [2.75, 3.05) is 0 Å². The highest BCUT2D eigenvalue weighted by atomic mass is 16.3. The second kappa shape index (κ2) is 3.75. The molecule has 0 amide bonds. The van der Waals surface area contributed by atoms with E-state index < -0.39 is 0 Å². The molecule has 0 aromatic heterocycles. The molecule has 0 aliphatic rings. The molecule has 0 saturated heterocycles. The van der Waals surface area contributed by atoms with Crippen LogP contribution in [0.25, 0.3) is 6.08 Å². The van der Waals surface area contributed by atoms with E-state index in [2.05, 4.69) is 12.5 Å². The lowest BCUT2D eigenvalue weighted by atomic mass is 10.0. The van der Waals surface area contributed by atoms with Crippen LogP contribution in [-0.2, 0) is 6.61 Å². The highest BCUT2D eigenvalue weighted by Crippen LogP contribution is 2.15. The van der Waals surface area contributed by atoms with Crippen LogP contribution in [0.5, 0.6) is 0 Å². The van der Waals surface area contributed by atoms with Gasteiger partial charge < -0.3 is 5.11 Å². The van der Waals surface area contributed by atoms with Crippen molar-refractivity contribution in [3.63, 3.8) is 0 Å². The highest BCUT2D eigenvalue weighted by Gasteiger charge is 2.00. The Morgan fingerprint density at radius 1 is 1.58 bits per heavy atom. The van der Waals surface area contributed by atoms with E-state index in [1.54, 1.807) is 6.08 Å². The normalized spacial score (nSPS) is 9.00. The van der Waals surface area contributed by atoms with Gasteiger partial charge >= 0.3 is 0 Å². The molecule has 0 heterocycles. The minimum Gasteiger partial charge on any atom is -0.392 e. The zero-order chi connectivity index (χ0) is 8.97. The van der Waals surface area contributed by atoms with Gasteiger partial charge in [0.15, 0.2) is 0 Å². The summed E-state index contributed by atoms with van der Waals surface area (Å²) in [5.41, 5.74) is 2.44. The Morgan fingerprint density at radius 2 is 2.33 bits per heavy atom. The van der Waals surface area contributed by atoms with Crippen molar-refractivity contribution in [3.8, 4) is 12.3 Å². The quantitative estimate of drug-likeness (QED) is 0.651. The highest BCUT2D eigenvalue weighted by molar-refractivity contribution is 5.60. The number of rotatable bonds is 2. The Bertz CT molecular complexity index is 331. The van der Waals surface area contributed by atoms with Gasteiger partial charge in [0.1, 0.15) is 0 Å². The van der Waals surface area contributed by atoms with Gasteiger partial charge in [-0.25, -0.2) is 0 Å². The van der Waals surface area contributed by atoms with Gasteiger partial charge in [-0.15, -0.1) is 6.42 Å². The van der Waals surface area contributed by atoms with Crippen molar-refractivity contribution in [3.05, 3.63) is 41.5 Å². The fourth-order valence-electron chi connectivity index (χ4n) is 1.12. The SMILES string of the molecule is C#Cc1cccc(CO)c1C=C. The van der Waals surface area contributed by atoms with Crippen LogP contribution in [0.2, 0.25) is 0 Å². The number of terminal acetylenes is 1. The van der Waals surface area contributed by atoms with E-state index in [1.165, 1.54) is 0 Å². The molecule has 12 heavy (non-hydrogen) atoms. The first kappa shape index (κ1) is 8.58. The third-order valence-corrected chi connectivity index (χ3v) is 1.73. The lowest BCUT2D eigenvalue weighted by molar-refractivity contribution is 0.281.